The minimum absolute atomic E-state index is 0.0422. The Morgan fingerprint density at radius 2 is 2.07 bits per heavy atom. The molecule has 4 heterocycles. The van der Waals surface area contributed by atoms with Crippen molar-refractivity contribution < 1.29 is 19.6 Å². The Kier molecular flexibility index (Phi) is 5.45. The van der Waals surface area contributed by atoms with E-state index in [-0.39, 0.29) is 6.61 Å². The molecule has 1 aliphatic heterocycles. The number of fused-ring (bicyclic) bond motifs is 5. The maximum absolute atomic E-state index is 8.82. The van der Waals surface area contributed by atoms with E-state index in [0.29, 0.717) is 19.8 Å². The molecule has 154 valence electrons. The number of aliphatic hydroxyl groups is 1. The third-order valence-electron chi connectivity index (χ3n) is 5.61. The molecule has 0 atom stereocenters. The van der Waals surface area contributed by atoms with E-state index < -0.39 is 0 Å². The smallest absolute Gasteiger partial charge is 0.279 e. The maximum atomic E-state index is 8.82. The van der Waals surface area contributed by atoms with Crippen LogP contribution in [0.2, 0.25) is 0 Å². The normalized spacial score (nSPS) is 16.7. The fraction of sp³-hybridized carbons (Fsp3) is 0.550. The molecule has 3 aromatic heterocycles. The van der Waals surface area contributed by atoms with Gasteiger partial charge < -0.3 is 19.9 Å². The van der Waals surface area contributed by atoms with Crippen molar-refractivity contribution in [2.24, 2.45) is 0 Å². The van der Waals surface area contributed by atoms with Gasteiger partial charge in [-0.25, -0.2) is 15.0 Å². The highest BCUT2D eigenvalue weighted by Gasteiger charge is 2.31. The average Bonchev–Trinajstić information content (AvgIpc) is 3.38. The molecule has 0 saturated carbocycles. The fourth-order valence-corrected chi connectivity index (χ4v) is 5.48. The number of nitrogens with zero attached hydrogens (tertiary/aromatic N) is 3. The number of aliphatic hydroxyl groups excluding tert-OH is 1. The first-order chi connectivity index (χ1) is 14.4. The predicted octanol–water partition coefficient (Wildman–Crippen LogP) is 1.40. The minimum Gasteiger partial charge on any atom is -0.394 e. The number of hydrogen-bond donors (Lipinski definition) is 2. The number of rotatable bonds is 7. The molecule has 5 rings (SSSR count). The van der Waals surface area contributed by atoms with Crippen LogP contribution >= 0.6 is 11.3 Å². The second-order valence-electron chi connectivity index (χ2n) is 7.35. The van der Waals surface area contributed by atoms with E-state index in [1.807, 2.05) is 0 Å². The second kappa shape index (κ2) is 8.35. The summed E-state index contributed by atoms with van der Waals surface area (Å²) in [4.78, 5) is 16.5. The average molecular weight is 417 g/mol. The van der Waals surface area contributed by atoms with Crippen molar-refractivity contribution >= 4 is 43.4 Å². The van der Waals surface area contributed by atoms with E-state index in [1.165, 1.54) is 33.6 Å². The van der Waals surface area contributed by atoms with Gasteiger partial charge in [-0.2, -0.15) is 0 Å². The number of nitrogens with one attached hydrogen (secondary N) is 2. The summed E-state index contributed by atoms with van der Waals surface area (Å²) in [5, 5.41) is 13.4. The van der Waals surface area contributed by atoms with Crippen molar-refractivity contribution in [3.63, 3.8) is 0 Å². The Bertz CT molecular complexity index is 1020. The fourth-order valence-electron chi connectivity index (χ4n) is 4.33. The van der Waals surface area contributed by atoms with Crippen LogP contribution in [0.15, 0.2) is 6.33 Å². The molecule has 8 nitrogen and oxygen atoms in total. The number of H-pyrrole nitrogens is 1. The molecule has 3 aromatic rings. The molecule has 0 spiro atoms. The number of anilines is 2. The summed E-state index contributed by atoms with van der Waals surface area (Å²) in [5.41, 5.74) is 3.92. The van der Waals surface area contributed by atoms with E-state index in [0.717, 1.165) is 55.2 Å². The largest absolute Gasteiger partial charge is 0.394 e. The number of aromatic amines is 1. The van der Waals surface area contributed by atoms with Gasteiger partial charge in [0.25, 0.3) is 5.82 Å². The third-order valence-corrected chi connectivity index (χ3v) is 6.71. The van der Waals surface area contributed by atoms with Crippen molar-refractivity contribution in [1.82, 2.24) is 9.97 Å². The summed E-state index contributed by atoms with van der Waals surface area (Å²) >= 11 is 1.72. The molecule has 1 saturated heterocycles. The molecule has 9 heteroatoms. The quantitative estimate of drug-likeness (QED) is 0.563. The molecule has 0 amide bonds. The van der Waals surface area contributed by atoms with Crippen LogP contribution in [-0.2, 0) is 22.3 Å². The van der Waals surface area contributed by atoms with Crippen molar-refractivity contribution in [2.45, 2.75) is 19.3 Å². The van der Waals surface area contributed by atoms with Crippen LogP contribution in [0.25, 0.3) is 20.4 Å². The standard InChI is InChI=1S/C20H25N5O3S/c26-7-11-27-8-4-21-18-17-16(22-12-23-18)15-13-2-1-3-14(13)19(24-20(15)29-17)25-5-9-28-10-6-25/h12,26H,1-11H2,(H,21,22,23)/p+1. The molecule has 0 bridgehead atoms. The summed E-state index contributed by atoms with van der Waals surface area (Å²) in [6, 6.07) is 0. The van der Waals surface area contributed by atoms with E-state index in [2.05, 4.69) is 25.2 Å². The molecule has 1 aliphatic carbocycles. The lowest BCUT2D eigenvalue weighted by Gasteiger charge is -2.23. The highest BCUT2D eigenvalue weighted by atomic mass is 32.1. The van der Waals surface area contributed by atoms with Gasteiger partial charge in [-0.1, -0.05) is 11.3 Å². The van der Waals surface area contributed by atoms with Crippen LogP contribution in [0.3, 0.4) is 0 Å². The number of morpholine rings is 1. The van der Waals surface area contributed by atoms with Gasteiger partial charge in [-0.3, -0.25) is 4.90 Å². The number of aromatic nitrogens is 3. The minimum atomic E-state index is 0.0422. The Balaban J connectivity index is 1.54. The highest BCUT2D eigenvalue weighted by Crippen LogP contribution is 2.41. The first kappa shape index (κ1) is 18.9. The lowest BCUT2D eigenvalue weighted by atomic mass is 10.1. The Hall–Kier alpha value is -2.07. The predicted molar refractivity (Wildman–Crippen MR) is 113 cm³/mol. The van der Waals surface area contributed by atoms with Crippen LogP contribution in [0.1, 0.15) is 17.5 Å². The van der Waals surface area contributed by atoms with Gasteiger partial charge in [0, 0.05) is 12.1 Å². The van der Waals surface area contributed by atoms with Crippen molar-refractivity contribution in [3.8, 4) is 0 Å². The van der Waals surface area contributed by atoms with Gasteiger partial charge in [0.2, 0.25) is 0 Å². The lowest BCUT2D eigenvalue weighted by molar-refractivity contribution is -0.328. The Labute approximate surface area is 172 Å². The van der Waals surface area contributed by atoms with Gasteiger partial charge in [0.1, 0.15) is 29.9 Å². The van der Waals surface area contributed by atoms with Gasteiger partial charge in [-0.05, 0) is 24.8 Å². The first-order valence-electron chi connectivity index (χ1n) is 10.3. The van der Waals surface area contributed by atoms with Crippen molar-refractivity contribution in [1.29, 1.82) is 0 Å². The molecular formula is C20H26N5O3S+. The molecule has 1 fully saturated rings. The summed E-state index contributed by atoms with van der Waals surface area (Å²) in [5.74, 6) is 2.11. The molecular weight excluding hydrogens is 390 g/mol. The number of hydrogen-bond acceptors (Lipinski definition) is 8. The molecule has 0 radical (unpaired) electrons. The first-order valence-corrected chi connectivity index (χ1v) is 11.1. The molecule has 0 aromatic carbocycles. The Morgan fingerprint density at radius 1 is 1.21 bits per heavy atom. The van der Waals surface area contributed by atoms with Crippen LogP contribution in [0.5, 0.6) is 0 Å². The molecule has 3 N–H and O–H groups in total. The Morgan fingerprint density at radius 3 is 2.93 bits per heavy atom. The van der Waals surface area contributed by atoms with E-state index in [4.69, 9.17) is 14.6 Å². The number of aryl methyl sites for hydroxylation is 1. The van der Waals surface area contributed by atoms with Gasteiger partial charge in [0.05, 0.1) is 43.9 Å². The van der Waals surface area contributed by atoms with Gasteiger partial charge in [0.15, 0.2) is 4.83 Å². The second-order valence-corrected chi connectivity index (χ2v) is 8.37. The van der Waals surface area contributed by atoms with E-state index in [9.17, 15) is 0 Å². The zero-order valence-corrected chi connectivity index (χ0v) is 17.2. The number of pyridine rings is 1. The van der Waals surface area contributed by atoms with Gasteiger partial charge in [-0.15, -0.1) is 0 Å². The molecule has 2 aliphatic rings. The summed E-state index contributed by atoms with van der Waals surface area (Å²) in [6.45, 7) is 4.99. The van der Waals surface area contributed by atoms with Crippen LogP contribution < -0.4 is 15.2 Å². The summed E-state index contributed by atoms with van der Waals surface area (Å²) in [6.07, 6.45) is 5.05. The van der Waals surface area contributed by atoms with E-state index in [1.54, 1.807) is 17.7 Å². The highest BCUT2D eigenvalue weighted by molar-refractivity contribution is 7.25. The van der Waals surface area contributed by atoms with Crippen molar-refractivity contribution in [3.05, 3.63) is 17.5 Å². The molecule has 29 heavy (non-hydrogen) atoms. The number of thiophene rings is 1. The van der Waals surface area contributed by atoms with E-state index >= 15 is 0 Å². The topological polar surface area (TPSA) is 93.9 Å². The van der Waals surface area contributed by atoms with Gasteiger partial charge >= 0.3 is 0 Å². The number of ether oxygens (including phenoxy) is 2. The van der Waals surface area contributed by atoms with Crippen LogP contribution in [0, 0.1) is 0 Å². The monoisotopic (exact) mass is 416 g/mol. The zero-order chi connectivity index (χ0) is 19.6. The zero-order valence-electron chi connectivity index (χ0n) is 16.4. The molecule has 0 unspecified atom stereocenters. The summed E-state index contributed by atoms with van der Waals surface area (Å²) in [7, 11) is 0. The third kappa shape index (κ3) is 3.52. The summed E-state index contributed by atoms with van der Waals surface area (Å²) < 4.78 is 12.0. The lowest BCUT2D eigenvalue weighted by Crippen LogP contribution is -2.40. The van der Waals surface area contributed by atoms with Crippen LogP contribution in [-0.4, -0.2) is 67.7 Å². The maximum Gasteiger partial charge on any atom is 0.279 e. The SMILES string of the molecule is OCCOCCNc1ncnc2c1sc1[nH+]c(N3CCOCC3)c3c(c12)CCC3. The van der Waals surface area contributed by atoms with Crippen molar-refractivity contribution in [2.75, 3.05) is 62.9 Å². The van der Waals surface area contributed by atoms with Crippen LogP contribution in [0.4, 0.5) is 11.6 Å².